The van der Waals surface area contributed by atoms with E-state index in [0.29, 0.717) is 24.6 Å². The molecule has 0 unspecified atom stereocenters. The fourth-order valence-corrected chi connectivity index (χ4v) is 6.80. The maximum Gasteiger partial charge on any atom is 0.142 e. The van der Waals surface area contributed by atoms with E-state index in [-0.39, 0.29) is 11.5 Å². The van der Waals surface area contributed by atoms with Crippen LogP contribution in [-0.4, -0.2) is 85.0 Å². The summed E-state index contributed by atoms with van der Waals surface area (Å²) in [6.45, 7) is 12.3. The molecule has 43 heavy (non-hydrogen) atoms. The molecule has 3 atom stereocenters. The van der Waals surface area contributed by atoms with Crippen molar-refractivity contribution in [3.63, 3.8) is 0 Å². The smallest absolute Gasteiger partial charge is 0.142 e. The standard InChI is InChI=1S/C35H53N3O5/c1-35(2,25-37-28-12-17-41-18-13-28)22-29-21-31(27-7-9-30(40-4)10-8-27)34(23-36-29)43-24-26-6-11-33-32(20-26)38(15-19-42-33)14-5-16-39-3/h6-11,20,28-29,31,34,36-37H,5,12-19,21-25H2,1-4H3/t29-,31+,34-/m0/s1. The Hall–Kier alpha value is -2.36. The first-order valence-electron chi connectivity index (χ1n) is 16.2. The van der Waals surface area contributed by atoms with Crippen molar-refractivity contribution >= 4 is 5.69 Å². The van der Waals surface area contributed by atoms with E-state index in [9.17, 15) is 0 Å². The largest absolute Gasteiger partial charge is 0.497 e. The highest BCUT2D eigenvalue weighted by Gasteiger charge is 2.35. The Labute approximate surface area is 258 Å². The topological polar surface area (TPSA) is 73.5 Å². The van der Waals surface area contributed by atoms with Gasteiger partial charge in [0.25, 0.3) is 0 Å². The van der Waals surface area contributed by atoms with Gasteiger partial charge in [0.15, 0.2) is 0 Å². The van der Waals surface area contributed by atoms with Gasteiger partial charge in [-0.3, -0.25) is 0 Å². The van der Waals surface area contributed by atoms with Crippen LogP contribution in [0.3, 0.4) is 0 Å². The van der Waals surface area contributed by atoms with Crippen LogP contribution in [0.1, 0.15) is 63.0 Å². The number of fused-ring (bicyclic) bond motifs is 1. The van der Waals surface area contributed by atoms with E-state index in [1.807, 2.05) is 0 Å². The minimum Gasteiger partial charge on any atom is -0.497 e. The number of piperidine rings is 1. The van der Waals surface area contributed by atoms with Crippen molar-refractivity contribution in [2.24, 2.45) is 5.41 Å². The summed E-state index contributed by atoms with van der Waals surface area (Å²) in [4.78, 5) is 2.41. The molecule has 0 amide bonds. The molecule has 0 aromatic heterocycles. The summed E-state index contributed by atoms with van der Waals surface area (Å²) in [5.74, 6) is 2.15. The van der Waals surface area contributed by atoms with Gasteiger partial charge in [0, 0.05) is 64.6 Å². The lowest BCUT2D eigenvalue weighted by Crippen LogP contribution is -2.50. The third-order valence-corrected chi connectivity index (χ3v) is 9.25. The highest BCUT2D eigenvalue weighted by Crippen LogP contribution is 2.37. The maximum atomic E-state index is 6.73. The Bertz CT molecular complexity index is 1120. The minimum atomic E-state index is 0.0817. The third-order valence-electron chi connectivity index (χ3n) is 9.25. The van der Waals surface area contributed by atoms with E-state index in [1.54, 1.807) is 14.2 Å². The first kappa shape index (κ1) is 32.0. The van der Waals surface area contributed by atoms with Crippen LogP contribution < -0.4 is 25.0 Å². The van der Waals surface area contributed by atoms with E-state index in [4.69, 9.17) is 23.7 Å². The second-order valence-electron chi connectivity index (χ2n) is 13.2. The number of nitrogens with zero attached hydrogens (tertiary/aromatic N) is 1. The minimum absolute atomic E-state index is 0.0817. The number of nitrogens with one attached hydrogen (secondary N) is 2. The lowest BCUT2D eigenvalue weighted by molar-refractivity contribution is -0.000741. The first-order chi connectivity index (χ1) is 20.9. The van der Waals surface area contributed by atoms with Gasteiger partial charge in [-0.05, 0) is 72.9 Å². The molecule has 3 heterocycles. The van der Waals surface area contributed by atoms with Gasteiger partial charge in [-0.25, -0.2) is 0 Å². The van der Waals surface area contributed by atoms with E-state index in [2.05, 4.69) is 71.8 Å². The molecular weight excluding hydrogens is 542 g/mol. The predicted octanol–water partition coefficient (Wildman–Crippen LogP) is 5.15. The lowest BCUT2D eigenvalue weighted by Gasteiger charge is -2.41. The molecule has 0 radical (unpaired) electrons. The van der Waals surface area contributed by atoms with Gasteiger partial charge in [-0.15, -0.1) is 0 Å². The van der Waals surface area contributed by atoms with Gasteiger partial charge in [0.05, 0.1) is 32.1 Å². The molecule has 0 bridgehead atoms. The maximum absolute atomic E-state index is 6.73. The highest BCUT2D eigenvalue weighted by atomic mass is 16.5. The van der Waals surface area contributed by atoms with Crippen LogP contribution >= 0.6 is 0 Å². The van der Waals surface area contributed by atoms with Crippen molar-refractivity contribution in [3.8, 4) is 11.5 Å². The Morgan fingerprint density at radius 2 is 1.86 bits per heavy atom. The fourth-order valence-electron chi connectivity index (χ4n) is 6.80. The number of methoxy groups -OCH3 is 2. The van der Waals surface area contributed by atoms with E-state index in [0.717, 1.165) is 102 Å². The third kappa shape index (κ3) is 9.08. The van der Waals surface area contributed by atoms with Gasteiger partial charge in [0.2, 0.25) is 0 Å². The number of rotatable bonds is 14. The summed E-state index contributed by atoms with van der Waals surface area (Å²) >= 11 is 0. The molecular formula is C35H53N3O5. The van der Waals surface area contributed by atoms with Crippen molar-refractivity contribution in [2.45, 2.75) is 76.7 Å². The zero-order chi connectivity index (χ0) is 30.1. The van der Waals surface area contributed by atoms with Crippen LogP contribution in [0.25, 0.3) is 0 Å². The summed E-state index contributed by atoms with van der Waals surface area (Å²) in [7, 11) is 3.48. The summed E-state index contributed by atoms with van der Waals surface area (Å²) < 4.78 is 29.0. The molecule has 3 aliphatic rings. The molecule has 2 fully saturated rings. The first-order valence-corrected chi connectivity index (χ1v) is 16.2. The Morgan fingerprint density at radius 1 is 1.05 bits per heavy atom. The molecule has 5 rings (SSSR count). The zero-order valence-electron chi connectivity index (χ0n) is 26.7. The summed E-state index contributed by atoms with van der Waals surface area (Å²) in [5, 5.41) is 7.70. The number of anilines is 1. The summed E-state index contributed by atoms with van der Waals surface area (Å²) in [5.41, 5.74) is 3.85. The van der Waals surface area contributed by atoms with Gasteiger partial charge in [-0.2, -0.15) is 0 Å². The van der Waals surface area contributed by atoms with Crippen molar-refractivity contribution in [3.05, 3.63) is 53.6 Å². The van der Waals surface area contributed by atoms with Crippen LogP contribution in [0.2, 0.25) is 0 Å². The van der Waals surface area contributed by atoms with Gasteiger partial charge >= 0.3 is 0 Å². The second-order valence-corrected chi connectivity index (χ2v) is 13.2. The molecule has 0 aliphatic carbocycles. The highest BCUT2D eigenvalue weighted by molar-refractivity contribution is 5.61. The Kier molecular flexibility index (Phi) is 11.6. The van der Waals surface area contributed by atoms with Gasteiger partial charge in [-0.1, -0.05) is 32.0 Å². The van der Waals surface area contributed by atoms with Crippen molar-refractivity contribution in [1.29, 1.82) is 0 Å². The Balaban J connectivity index is 1.23. The van der Waals surface area contributed by atoms with Crippen LogP contribution in [0.4, 0.5) is 5.69 Å². The molecule has 2 saturated heterocycles. The van der Waals surface area contributed by atoms with Crippen molar-refractivity contribution < 1.29 is 23.7 Å². The zero-order valence-corrected chi connectivity index (χ0v) is 26.7. The average Bonchev–Trinajstić information content (AvgIpc) is 3.04. The number of benzene rings is 2. The molecule has 0 spiro atoms. The fraction of sp³-hybridized carbons (Fsp3) is 0.657. The monoisotopic (exact) mass is 595 g/mol. The van der Waals surface area contributed by atoms with Crippen LogP contribution in [0.5, 0.6) is 11.5 Å². The number of hydrogen-bond donors (Lipinski definition) is 2. The van der Waals surface area contributed by atoms with Crippen molar-refractivity contribution in [2.75, 3.05) is 71.7 Å². The molecule has 2 aromatic rings. The number of hydrogen-bond acceptors (Lipinski definition) is 8. The van der Waals surface area contributed by atoms with E-state index < -0.39 is 0 Å². The van der Waals surface area contributed by atoms with E-state index >= 15 is 0 Å². The normalized spacial score (nSPS) is 23.1. The molecule has 2 N–H and O–H groups in total. The van der Waals surface area contributed by atoms with Crippen LogP contribution in [-0.2, 0) is 20.8 Å². The van der Waals surface area contributed by atoms with Gasteiger partial charge in [0.1, 0.15) is 18.1 Å². The molecule has 8 nitrogen and oxygen atoms in total. The summed E-state index contributed by atoms with van der Waals surface area (Å²) in [6, 6.07) is 16.1. The van der Waals surface area contributed by atoms with Crippen molar-refractivity contribution in [1.82, 2.24) is 10.6 Å². The average molecular weight is 596 g/mol. The van der Waals surface area contributed by atoms with Crippen LogP contribution in [0, 0.1) is 5.41 Å². The predicted molar refractivity (Wildman–Crippen MR) is 172 cm³/mol. The van der Waals surface area contributed by atoms with Crippen LogP contribution in [0.15, 0.2) is 42.5 Å². The molecule has 238 valence electrons. The van der Waals surface area contributed by atoms with Gasteiger partial charge < -0.3 is 39.2 Å². The summed E-state index contributed by atoms with van der Waals surface area (Å²) in [6.07, 6.45) is 5.46. The molecule has 0 saturated carbocycles. The molecule has 2 aromatic carbocycles. The quantitative estimate of drug-likeness (QED) is 0.291. The lowest BCUT2D eigenvalue weighted by atomic mass is 9.77. The number of ether oxygens (including phenoxy) is 5. The molecule has 3 aliphatic heterocycles. The SMILES string of the molecule is COCCCN1CCOc2ccc(CO[C@H]3CN[C@H](CC(C)(C)CNC4CCOCC4)C[C@@H]3c3ccc(OC)cc3)cc21. The van der Waals surface area contributed by atoms with E-state index in [1.165, 1.54) is 11.1 Å². The molecule has 8 heteroatoms. The Morgan fingerprint density at radius 3 is 2.63 bits per heavy atom. The second kappa shape index (κ2) is 15.6.